The van der Waals surface area contributed by atoms with E-state index >= 15 is 0 Å². The molecule has 2 N–H and O–H groups in total. The predicted molar refractivity (Wildman–Crippen MR) is 87.3 cm³/mol. The number of hydrogen-bond donors (Lipinski definition) is 2. The molecule has 0 unspecified atom stereocenters. The molecule has 2 aromatic carbocycles. The Hall–Kier alpha value is -2.83. The zero-order valence-electron chi connectivity index (χ0n) is 12.9. The fourth-order valence-electron chi connectivity index (χ4n) is 2.64. The van der Waals surface area contributed by atoms with E-state index in [1.807, 2.05) is 6.07 Å². The molecule has 0 aromatic heterocycles. The second-order valence-corrected chi connectivity index (χ2v) is 5.55. The van der Waals surface area contributed by atoms with Gasteiger partial charge in [0.05, 0.1) is 5.69 Å². The van der Waals surface area contributed by atoms with Crippen molar-refractivity contribution in [3.05, 3.63) is 54.1 Å². The van der Waals surface area contributed by atoms with Gasteiger partial charge in [0.15, 0.2) is 0 Å². The lowest BCUT2D eigenvalue weighted by molar-refractivity contribution is 0.208. The highest BCUT2D eigenvalue weighted by Gasteiger charge is 2.22. The molecule has 5 nitrogen and oxygen atoms in total. The summed E-state index contributed by atoms with van der Waals surface area (Å²) in [6, 6.07) is 9.54. The number of phenols is 1. The highest BCUT2D eigenvalue weighted by atomic mass is 19.1. The van der Waals surface area contributed by atoms with E-state index in [0.29, 0.717) is 26.2 Å². The number of halogens is 2. The van der Waals surface area contributed by atoms with E-state index in [4.69, 9.17) is 0 Å². The maximum atomic E-state index is 13.6. The molecule has 0 atom stereocenters. The van der Waals surface area contributed by atoms with Gasteiger partial charge in [-0.1, -0.05) is 6.07 Å². The highest BCUT2D eigenvalue weighted by Crippen LogP contribution is 2.22. The van der Waals surface area contributed by atoms with Crippen LogP contribution in [0, 0.1) is 11.6 Å². The van der Waals surface area contributed by atoms with Crippen LogP contribution in [0.15, 0.2) is 42.5 Å². The number of rotatable bonds is 2. The Balaban J connectivity index is 1.59. The maximum Gasteiger partial charge on any atom is 0.322 e. The van der Waals surface area contributed by atoms with E-state index in [1.165, 1.54) is 6.07 Å². The number of phenolic OH excluding ortho intramolecular Hbond substituents is 1. The van der Waals surface area contributed by atoms with Crippen LogP contribution in [0.5, 0.6) is 5.75 Å². The van der Waals surface area contributed by atoms with Crippen molar-refractivity contribution in [3.63, 3.8) is 0 Å². The van der Waals surface area contributed by atoms with Crippen molar-refractivity contribution in [2.45, 2.75) is 0 Å². The monoisotopic (exact) mass is 333 g/mol. The minimum Gasteiger partial charge on any atom is -0.508 e. The predicted octanol–water partition coefficient (Wildman–Crippen LogP) is 3.02. The summed E-state index contributed by atoms with van der Waals surface area (Å²) in [5, 5.41) is 12.0. The number of hydrogen-bond acceptors (Lipinski definition) is 3. The molecule has 1 aliphatic rings. The van der Waals surface area contributed by atoms with E-state index < -0.39 is 17.7 Å². The van der Waals surface area contributed by atoms with Gasteiger partial charge in [0.2, 0.25) is 0 Å². The summed E-state index contributed by atoms with van der Waals surface area (Å²) in [5.41, 5.74) is 0.844. The van der Waals surface area contributed by atoms with Gasteiger partial charge in [0.1, 0.15) is 17.4 Å². The summed E-state index contributed by atoms with van der Waals surface area (Å²) in [7, 11) is 0. The molecular weight excluding hydrogens is 316 g/mol. The average molecular weight is 333 g/mol. The molecule has 1 aliphatic heterocycles. The van der Waals surface area contributed by atoms with Gasteiger partial charge in [-0.15, -0.1) is 0 Å². The second kappa shape index (κ2) is 6.74. The number of benzene rings is 2. The molecule has 1 saturated heterocycles. The molecule has 0 radical (unpaired) electrons. The largest absolute Gasteiger partial charge is 0.508 e. The van der Waals surface area contributed by atoms with Crippen LogP contribution in [0.2, 0.25) is 0 Å². The number of nitrogens with zero attached hydrogens (tertiary/aromatic N) is 2. The summed E-state index contributed by atoms with van der Waals surface area (Å²) >= 11 is 0. The molecule has 0 saturated carbocycles. The third-order valence-electron chi connectivity index (χ3n) is 3.93. The Morgan fingerprint density at radius 2 is 1.79 bits per heavy atom. The summed E-state index contributed by atoms with van der Waals surface area (Å²) < 4.78 is 26.5. The smallest absolute Gasteiger partial charge is 0.322 e. The van der Waals surface area contributed by atoms with Gasteiger partial charge in [-0.3, -0.25) is 0 Å². The molecular formula is C17H17F2N3O2. The Morgan fingerprint density at radius 1 is 1.04 bits per heavy atom. The first kappa shape index (κ1) is 16.0. The lowest BCUT2D eigenvalue weighted by Crippen LogP contribution is -2.50. The van der Waals surface area contributed by atoms with Crippen LogP contribution < -0.4 is 10.2 Å². The fraction of sp³-hybridized carbons (Fsp3) is 0.235. The summed E-state index contributed by atoms with van der Waals surface area (Å²) in [5.74, 6) is -1.30. The first-order chi connectivity index (χ1) is 11.5. The van der Waals surface area contributed by atoms with Crippen molar-refractivity contribution in [2.75, 3.05) is 36.4 Å². The molecule has 0 spiro atoms. The summed E-state index contributed by atoms with van der Waals surface area (Å²) in [6.07, 6.45) is 0. The molecule has 24 heavy (non-hydrogen) atoms. The Bertz CT molecular complexity index is 746. The van der Waals surface area contributed by atoms with Crippen molar-refractivity contribution >= 4 is 17.4 Å². The van der Waals surface area contributed by atoms with Crippen molar-refractivity contribution in [2.24, 2.45) is 0 Å². The topological polar surface area (TPSA) is 55.8 Å². The fourth-order valence-corrected chi connectivity index (χ4v) is 2.64. The normalized spacial score (nSPS) is 14.6. The van der Waals surface area contributed by atoms with Crippen molar-refractivity contribution in [1.29, 1.82) is 0 Å². The van der Waals surface area contributed by atoms with Gasteiger partial charge in [0, 0.05) is 44.0 Å². The molecule has 2 aromatic rings. The Kier molecular flexibility index (Phi) is 4.50. The number of aromatic hydroxyl groups is 1. The van der Waals surface area contributed by atoms with Crippen LogP contribution in [0.1, 0.15) is 0 Å². The van der Waals surface area contributed by atoms with Crippen molar-refractivity contribution in [3.8, 4) is 5.75 Å². The number of carbonyl (C=O) groups excluding carboxylic acids is 1. The number of amides is 2. The lowest BCUT2D eigenvalue weighted by Gasteiger charge is -2.36. The number of nitrogens with one attached hydrogen (secondary N) is 1. The molecule has 126 valence electrons. The molecule has 0 bridgehead atoms. The van der Waals surface area contributed by atoms with Crippen molar-refractivity contribution < 1.29 is 18.7 Å². The zero-order chi connectivity index (χ0) is 17.1. The number of anilines is 2. The van der Waals surface area contributed by atoms with Gasteiger partial charge in [-0.25, -0.2) is 13.6 Å². The zero-order valence-corrected chi connectivity index (χ0v) is 12.9. The number of piperazine rings is 1. The molecule has 1 fully saturated rings. The molecule has 1 heterocycles. The minimum atomic E-state index is -0.804. The van der Waals surface area contributed by atoms with Crippen LogP contribution in [0.4, 0.5) is 25.0 Å². The average Bonchev–Trinajstić information content (AvgIpc) is 2.57. The molecule has 3 rings (SSSR count). The standard InChI is InChI=1S/C17H17F2N3O2/c18-12-4-5-16(15(19)10-12)20-17(24)22-8-6-21(7-9-22)13-2-1-3-14(23)11-13/h1-5,10-11,23H,6-9H2,(H,20,24). The maximum absolute atomic E-state index is 13.6. The van der Waals surface area contributed by atoms with E-state index in [1.54, 1.807) is 23.1 Å². The third kappa shape index (κ3) is 3.56. The summed E-state index contributed by atoms with van der Waals surface area (Å²) in [4.78, 5) is 15.8. The van der Waals surface area contributed by atoms with E-state index in [2.05, 4.69) is 10.2 Å². The van der Waals surface area contributed by atoms with Crippen molar-refractivity contribution in [1.82, 2.24) is 4.90 Å². The molecule has 7 heteroatoms. The molecule has 2 amide bonds. The molecule has 0 aliphatic carbocycles. The number of urea groups is 1. The quantitative estimate of drug-likeness (QED) is 0.888. The first-order valence-electron chi connectivity index (χ1n) is 7.58. The number of carbonyl (C=O) groups is 1. The third-order valence-corrected chi connectivity index (χ3v) is 3.93. The van der Waals surface area contributed by atoms with E-state index in [9.17, 15) is 18.7 Å². The van der Waals surface area contributed by atoms with Crippen LogP contribution in [-0.4, -0.2) is 42.2 Å². The second-order valence-electron chi connectivity index (χ2n) is 5.55. The lowest BCUT2D eigenvalue weighted by atomic mass is 10.2. The van der Waals surface area contributed by atoms with Gasteiger partial charge in [-0.05, 0) is 24.3 Å². The van der Waals surface area contributed by atoms with E-state index in [-0.39, 0.29) is 11.4 Å². The first-order valence-corrected chi connectivity index (χ1v) is 7.58. The van der Waals surface area contributed by atoms with Crippen LogP contribution >= 0.6 is 0 Å². The highest BCUT2D eigenvalue weighted by molar-refractivity contribution is 5.89. The minimum absolute atomic E-state index is 0.0446. The van der Waals surface area contributed by atoms with Crippen LogP contribution in [0.25, 0.3) is 0 Å². The van der Waals surface area contributed by atoms with Crippen LogP contribution in [0.3, 0.4) is 0 Å². The van der Waals surface area contributed by atoms with Gasteiger partial charge < -0.3 is 20.2 Å². The Labute approximate surface area is 138 Å². The van der Waals surface area contributed by atoms with Gasteiger partial charge in [0.25, 0.3) is 0 Å². The summed E-state index contributed by atoms with van der Waals surface area (Å²) in [6.45, 7) is 2.13. The van der Waals surface area contributed by atoms with Gasteiger partial charge in [-0.2, -0.15) is 0 Å². The van der Waals surface area contributed by atoms with Gasteiger partial charge >= 0.3 is 6.03 Å². The Morgan fingerprint density at radius 3 is 2.46 bits per heavy atom. The van der Waals surface area contributed by atoms with E-state index in [0.717, 1.165) is 17.8 Å². The SMILES string of the molecule is O=C(Nc1ccc(F)cc1F)N1CCN(c2cccc(O)c2)CC1. The van der Waals surface area contributed by atoms with Crippen LogP contribution in [-0.2, 0) is 0 Å².